The molecule has 5 aromatic carbocycles. The average molecular weight is 509 g/mol. The topological polar surface area (TPSA) is 6.48 Å². The van der Waals surface area contributed by atoms with Crippen molar-refractivity contribution in [3.8, 4) is 0 Å². The van der Waals surface area contributed by atoms with Gasteiger partial charge in [0.05, 0.1) is 0 Å². The van der Waals surface area contributed by atoms with Crippen molar-refractivity contribution in [2.45, 2.75) is 19.8 Å². The van der Waals surface area contributed by atoms with Gasteiger partial charge < -0.3 is 9.80 Å². The van der Waals surface area contributed by atoms with Crippen LogP contribution in [0.4, 0.5) is 28.4 Å². The van der Waals surface area contributed by atoms with Gasteiger partial charge in [0, 0.05) is 41.4 Å². The number of rotatable bonds is 9. The second-order valence-corrected chi connectivity index (χ2v) is 10.0. The smallest absolute Gasteiger partial charge is 0.0468 e. The molecule has 0 fully saturated rings. The maximum absolute atomic E-state index is 4.03. The Hall–Kier alpha value is -4.56. The van der Waals surface area contributed by atoms with E-state index in [0.29, 0.717) is 11.8 Å². The highest BCUT2D eigenvalue weighted by atomic mass is 15.1. The van der Waals surface area contributed by atoms with Gasteiger partial charge in [0.1, 0.15) is 0 Å². The molecule has 0 heterocycles. The summed E-state index contributed by atoms with van der Waals surface area (Å²) in [5, 5.41) is 2.47. The summed E-state index contributed by atoms with van der Waals surface area (Å²) in [5.74, 6) is 0.668. The van der Waals surface area contributed by atoms with Crippen LogP contribution in [0, 0.1) is 5.92 Å². The highest BCUT2D eigenvalue weighted by Crippen LogP contribution is 2.38. The van der Waals surface area contributed by atoms with E-state index in [-0.39, 0.29) is 0 Å². The Bertz CT molecular complexity index is 1550. The molecule has 2 nitrogen and oxygen atoms in total. The van der Waals surface area contributed by atoms with Crippen molar-refractivity contribution in [1.82, 2.24) is 0 Å². The molecule has 0 saturated heterocycles. The molecule has 5 aromatic rings. The van der Waals surface area contributed by atoms with Gasteiger partial charge in [-0.15, -0.1) is 6.58 Å². The number of hydrogen-bond donors (Lipinski definition) is 0. The number of hydrogen-bond acceptors (Lipinski definition) is 2. The van der Waals surface area contributed by atoms with Gasteiger partial charge in [0.2, 0.25) is 0 Å². The number of fused-ring (bicyclic) bond motifs is 1. The maximum Gasteiger partial charge on any atom is 0.0468 e. The number of benzene rings is 5. The largest absolute Gasteiger partial charge is 0.345 e. The first kappa shape index (κ1) is 26.1. The van der Waals surface area contributed by atoms with Gasteiger partial charge in [-0.05, 0) is 89.8 Å². The number of nitrogens with zero attached hydrogens (tertiary/aromatic N) is 2. The Kier molecular flexibility index (Phi) is 7.94. The van der Waals surface area contributed by atoms with Gasteiger partial charge in [-0.25, -0.2) is 0 Å². The van der Waals surface area contributed by atoms with E-state index in [4.69, 9.17) is 0 Å². The van der Waals surface area contributed by atoms with E-state index in [9.17, 15) is 0 Å². The predicted octanol–water partition coefficient (Wildman–Crippen LogP) is 10.6. The zero-order valence-electron chi connectivity index (χ0n) is 23.0. The fraction of sp³-hybridized carbons (Fsp3) is 0.135. The van der Waals surface area contributed by atoms with Crippen molar-refractivity contribution in [1.29, 1.82) is 0 Å². The minimum atomic E-state index is 0.309. The lowest BCUT2D eigenvalue weighted by atomic mass is 9.87. The summed E-state index contributed by atoms with van der Waals surface area (Å²) in [6.45, 7) is 8.34. The van der Waals surface area contributed by atoms with Crippen molar-refractivity contribution >= 4 is 39.2 Å². The molecule has 0 spiro atoms. The Labute approximate surface area is 233 Å². The lowest BCUT2D eigenvalue weighted by Crippen LogP contribution is -2.12. The van der Waals surface area contributed by atoms with Crippen LogP contribution in [-0.2, 0) is 0 Å². The van der Waals surface area contributed by atoms with E-state index in [2.05, 4.69) is 165 Å². The molecule has 2 heteroatoms. The van der Waals surface area contributed by atoms with Gasteiger partial charge in [-0.1, -0.05) is 85.8 Å². The summed E-state index contributed by atoms with van der Waals surface area (Å²) in [6.07, 6.45) is 6.44. The Morgan fingerprint density at radius 1 is 0.615 bits per heavy atom. The van der Waals surface area contributed by atoms with E-state index in [1.54, 1.807) is 0 Å². The molecule has 194 valence electrons. The molecule has 0 aliphatic rings. The second kappa shape index (κ2) is 11.9. The van der Waals surface area contributed by atoms with Crippen LogP contribution < -0.4 is 9.80 Å². The molecular weight excluding hydrogens is 472 g/mol. The molecule has 0 aromatic heterocycles. The monoisotopic (exact) mass is 508 g/mol. The molecule has 0 amide bonds. The van der Waals surface area contributed by atoms with Crippen LogP contribution in [0.25, 0.3) is 10.8 Å². The lowest BCUT2D eigenvalue weighted by molar-refractivity contribution is 0.643. The van der Waals surface area contributed by atoms with Crippen LogP contribution in [0.1, 0.15) is 25.3 Å². The predicted molar refractivity (Wildman–Crippen MR) is 170 cm³/mol. The van der Waals surface area contributed by atoms with Crippen molar-refractivity contribution < 1.29 is 0 Å². The number of allylic oxidation sites excluding steroid dienone is 3. The van der Waals surface area contributed by atoms with Gasteiger partial charge in [0.15, 0.2) is 0 Å². The number of anilines is 5. The molecule has 0 aliphatic heterocycles. The summed E-state index contributed by atoms with van der Waals surface area (Å²) in [6, 6.07) is 43.5. The third-order valence-electron chi connectivity index (χ3n) is 7.50. The van der Waals surface area contributed by atoms with E-state index in [0.717, 1.165) is 28.4 Å². The normalized spacial score (nSPS) is 12.8. The van der Waals surface area contributed by atoms with Crippen LogP contribution in [0.5, 0.6) is 0 Å². The SMILES string of the molecule is C=C[C@H](C)C(/C=C\C)c1ccc(N(c2ccc(N(C)c3ccccc3)cc2)c2ccc3ccccc3c2)cc1. The van der Waals surface area contributed by atoms with Gasteiger partial charge in [-0.2, -0.15) is 0 Å². The Morgan fingerprint density at radius 2 is 1.15 bits per heavy atom. The minimum absolute atomic E-state index is 0.309. The molecule has 1 unspecified atom stereocenters. The van der Waals surface area contributed by atoms with Crippen LogP contribution in [0.2, 0.25) is 0 Å². The molecule has 0 N–H and O–H groups in total. The van der Waals surface area contributed by atoms with Crippen LogP contribution >= 0.6 is 0 Å². The van der Waals surface area contributed by atoms with E-state index in [1.807, 2.05) is 12.1 Å². The Morgan fingerprint density at radius 3 is 1.79 bits per heavy atom. The quantitative estimate of drug-likeness (QED) is 0.183. The van der Waals surface area contributed by atoms with Crippen LogP contribution in [0.3, 0.4) is 0 Å². The molecule has 0 aliphatic carbocycles. The molecular formula is C37H36N2. The maximum atomic E-state index is 4.03. The molecule has 5 rings (SSSR count). The highest BCUT2D eigenvalue weighted by Gasteiger charge is 2.17. The van der Waals surface area contributed by atoms with Crippen molar-refractivity contribution in [2.24, 2.45) is 5.92 Å². The molecule has 0 radical (unpaired) electrons. The Balaban J connectivity index is 1.55. The first-order valence-corrected chi connectivity index (χ1v) is 13.6. The average Bonchev–Trinajstić information content (AvgIpc) is 3.00. The first-order valence-electron chi connectivity index (χ1n) is 13.6. The van der Waals surface area contributed by atoms with E-state index in [1.165, 1.54) is 16.3 Å². The second-order valence-electron chi connectivity index (χ2n) is 10.0. The lowest BCUT2D eigenvalue weighted by Gasteiger charge is -2.28. The van der Waals surface area contributed by atoms with Crippen molar-refractivity contribution in [3.05, 3.63) is 152 Å². The summed E-state index contributed by atoms with van der Waals surface area (Å²) in [4.78, 5) is 4.55. The fourth-order valence-electron chi connectivity index (χ4n) is 5.18. The summed E-state index contributed by atoms with van der Waals surface area (Å²) >= 11 is 0. The minimum Gasteiger partial charge on any atom is -0.345 e. The van der Waals surface area contributed by atoms with E-state index < -0.39 is 0 Å². The third kappa shape index (κ3) is 5.66. The first-order chi connectivity index (χ1) is 19.1. The fourth-order valence-corrected chi connectivity index (χ4v) is 5.18. The van der Waals surface area contributed by atoms with Crippen LogP contribution in [0.15, 0.2) is 146 Å². The summed E-state index contributed by atoms with van der Waals surface area (Å²) in [7, 11) is 2.11. The van der Waals surface area contributed by atoms with E-state index >= 15 is 0 Å². The molecule has 2 atom stereocenters. The van der Waals surface area contributed by atoms with Crippen LogP contribution in [-0.4, -0.2) is 7.05 Å². The molecule has 39 heavy (non-hydrogen) atoms. The van der Waals surface area contributed by atoms with Gasteiger partial charge in [0.25, 0.3) is 0 Å². The van der Waals surface area contributed by atoms with Crippen molar-refractivity contribution in [2.75, 3.05) is 16.8 Å². The standard InChI is InChI=1S/C37H36N2/c1-5-12-37(28(3)6-2)30-18-20-34(21-19-30)39(36-22-17-29-13-10-11-14-31(29)27-36)35-25-23-33(24-26-35)38(4)32-15-8-7-9-16-32/h5-28,37H,2H2,1,3-4H3/b12-5-/t28-,37?/m0/s1. The highest BCUT2D eigenvalue weighted by molar-refractivity contribution is 5.89. The summed E-state index contributed by atoms with van der Waals surface area (Å²) in [5.41, 5.74) is 6.98. The third-order valence-corrected chi connectivity index (χ3v) is 7.50. The molecule has 0 saturated carbocycles. The van der Waals surface area contributed by atoms with Gasteiger partial charge in [-0.3, -0.25) is 0 Å². The zero-order chi connectivity index (χ0) is 27.2. The zero-order valence-corrected chi connectivity index (χ0v) is 23.0. The summed E-state index contributed by atoms with van der Waals surface area (Å²) < 4.78 is 0. The van der Waals surface area contributed by atoms with Gasteiger partial charge >= 0.3 is 0 Å². The van der Waals surface area contributed by atoms with Crippen molar-refractivity contribution in [3.63, 3.8) is 0 Å². The molecule has 0 bridgehead atoms. The number of para-hydroxylation sites is 1.